The van der Waals surface area contributed by atoms with Gasteiger partial charge >= 0.3 is 7.60 Å². The highest BCUT2D eigenvalue weighted by Crippen LogP contribution is 2.50. The Morgan fingerprint density at radius 1 is 1.12 bits per heavy atom. The number of aliphatic hydroxyl groups is 2. The molecule has 6 nitrogen and oxygen atoms in total. The Balaban J connectivity index is 0. The van der Waals surface area contributed by atoms with Gasteiger partial charge in [0.2, 0.25) is 0 Å². The van der Waals surface area contributed by atoms with Crippen molar-refractivity contribution in [2.75, 3.05) is 26.4 Å². The highest BCUT2D eigenvalue weighted by atomic mass is 31.2. The van der Waals surface area contributed by atoms with E-state index < -0.39 is 13.4 Å². The number of hydrogen-bond donors (Lipinski definition) is 3. The van der Waals surface area contributed by atoms with Gasteiger partial charge in [-0.2, -0.15) is 0 Å². The molecule has 0 amide bonds. The normalized spacial score (nSPS) is 12.8. The van der Waals surface area contributed by atoms with E-state index in [1.807, 2.05) is 0 Å². The standard InChI is InChI=1S/C6H16NO5P.C4H10/c1-6(7)13(10,11-4-2-8)12-5-3-9;1-3-4-2/h6,8-9H,2-5,7H2,1H3;3-4H2,1-2H3. The van der Waals surface area contributed by atoms with E-state index in [0.717, 1.165) is 0 Å². The summed E-state index contributed by atoms with van der Waals surface area (Å²) in [6, 6.07) is 0. The van der Waals surface area contributed by atoms with Crippen LogP contribution in [0.4, 0.5) is 0 Å². The van der Waals surface area contributed by atoms with Gasteiger partial charge in [0.15, 0.2) is 0 Å². The summed E-state index contributed by atoms with van der Waals surface area (Å²) in [5, 5.41) is 16.9. The molecule has 0 radical (unpaired) electrons. The van der Waals surface area contributed by atoms with Crippen LogP contribution in [0.3, 0.4) is 0 Å². The first kappa shape index (κ1) is 19.4. The Morgan fingerprint density at radius 3 is 1.65 bits per heavy atom. The quantitative estimate of drug-likeness (QED) is 0.575. The third kappa shape index (κ3) is 10.9. The molecule has 0 aliphatic rings. The second kappa shape index (κ2) is 12.5. The molecule has 106 valence electrons. The molecule has 0 aliphatic heterocycles. The van der Waals surface area contributed by atoms with Gasteiger partial charge in [-0.15, -0.1) is 0 Å². The highest BCUT2D eigenvalue weighted by molar-refractivity contribution is 7.54. The number of nitrogens with two attached hydrogens (primary N) is 1. The molecule has 0 aromatic heterocycles. The number of hydrogen-bond acceptors (Lipinski definition) is 6. The Morgan fingerprint density at radius 2 is 1.47 bits per heavy atom. The first-order valence-corrected chi connectivity index (χ1v) is 7.45. The molecule has 1 unspecified atom stereocenters. The van der Waals surface area contributed by atoms with Crippen LogP contribution in [0.15, 0.2) is 0 Å². The van der Waals surface area contributed by atoms with Crippen molar-refractivity contribution < 1.29 is 23.8 Å². The van der Waals surface area contributed by atoms with Crippen LogP contribution < -0.4 is 5.73 Å². The van der Waals surface area contributed by atoms with Gasteiger partial charge in [-0.3, -0.25) is 4.57 Å². The summed E-state index contributed by atoms with van der Waals surface area (Å²) in [5.74, 6) is -0.773. The molecule has 7 heteroatoms. The van der Waals surface area contributed by atoms with Crippen LogP contribution in [0, 0.1) is 0 Å². The summed E-state index contributed by atoms with van der Waals surface area (Å²) < 4.78 is 21.2. The number of unbranched alkanes of at least 4 members (excludes halogenated alkanes) is 1. The van der Waals surface area contributed by atoms with Crippen molar-refractivity contribution in [3.63, 3.8) is 0 Å². The largest absolute Gasteiger partial charge is 0.394 e. The molecular weight excluding hydrogens is 245 g/mol. The van der Waals surface area contributed by atoms with Crippen molar-refractivity contribution in [1.82, 2.24) is 0 Å². The summed E-state index contributed by atoms with van der Waals surface area (Å²) in [6.07, 6.45) is 2.64. The summed E-state index contributed by atoms with van der Waals surface area (Å²) in [7, 11) is -3.37. The Bertz CT molecular complexity index is 187. The molecule has 0 saturated carbocycles. The Labute approximate surface area is 104 Å². The van der Waals surface area contributed by atoms with Crippen molar-refractivity contribution in [1.29, 1.82) is 0 Å². The lowest BCUT2D eigenvalue weighted by molar-refractivity contribution is 0.137. The fraction of sp³-hybridized carbons (Fsp3) is 1.00. The van der Waals surface area contributed by atoms with Crippen molar-refractivity contribution >= 4 is 7.60 Å². The first-order chi connectivity index (χ1) is 7.98. The second-order valence-corrected chi connectivity index (χ2v) is 5.80. The zero-order chi connectivity index (χ0) is 13.7. The summed E-state index contributed by atoms with van der Waals surface area (Å²) in [5.41, 5.74) is 5.38. The SMILES string of the molecule is CC(N)P(=O)(OCCO)OCCO.CCCC. The lowest BCUT2D eigenvalue weighted by Crippen LogP contribution is -2.20. The van der Waals surface area contributed by atoms with Crippen LogP contribution in [0.2, 0.25) is 0 Å². The van der Waals surface area contributed by atoms with Gasteiger partial charge in [-0.05, 0) is 6.92 Å². The van der Waals surface area contributed by atoms with Crippen LogP contribution in [-0.4, -0.2) is 42.4 Å². The predicted octanol–water partition coefficient (Wildman–Crippen LogP) is 1.31. The Kier molecular flexibility index (Phi) is 14.2. The van der Waals surface area contributed by atoms with Crippen LogP contribution >= 0.6 is 7.60 Å². The zero-order valence-corrected chi connectivity index (χ0v) is 11.9. The van der Waals surface area contributed by atoms with Crippen molar-refractivity contribution in [2.45, 2.75) is 39.4 Å². The van der Waals surface area contributed by atoms with Gasteiger partial charge in [0, 0.05) is 0 Å². The van der Waals surface area contributed by atoms with E-state index in [-0.39, 0.29) is 26.4 Å². The second-order valence-electron chi connectivity index (χ2n) is 3.39. The topological polar surface area (TPSA) is 102 Å². The minimum absolute atomic E-state index is 0.0930. The van der Waals surface area contributed by atoms with E-state index in [1.54, 1.807) is 0 Å². The van der Waals surface area contributed by atoms with E-state index in [2.05, 4.69) is 13.8 Å². The molecule has 0 rings (SSSR count). The molecule has 0 spiro atoms. The minimum Gasteiger partial charge on any atom is -0.394 e. The van der Waals surface area contributed by atoms with Crippen molar-refractivity contribution in [3.8, 4) is 0 Å². The number of aliphatic hydroxyl groups excluding tert-OH is 2. The maximum Gasteiger partial charge on any atom is 0.347 e. The van der Waals surface area contributed by atoms with E-state index in [1.165, 1.54) is 19.8 Å². The summed E-state index contributed by atoms with van der Waals surface area (Å²) >= 11 is 0. The van der Waals surface area contributed by atoms with Crippen molar-refractivity contribution in [3.05, 3.63) is 0 Å². The molecule has 0 aromatic rings. The third-order valence-electron chi connectivity index (χ3n) is 1.72. The molecule has 4 N–H and O–H groups in total. The molecule has 0 heterocycles. The van der Waals surface area contributed by atoms with Gasteiger partial charge in [-0.25, -0.2) is 0 Å². The maximum absolute atomic E-state index is 11.6. The van der Waals surface area contributed by atoms with Crippen LogP contribution in [0.5, 0.6) is 0 Å². The molecular formula is C10H26NO5P. The molecule has 17 heavy (non-hydrogen) atoms. The van der Waals surface area contributed by atoms with Gasteiger partial charge in [-0.1, -0.05) is 26.7 Å². The smallest absolute Gasteiger partial charge is 0.347 e. The van der Waals surface area contributed by atoms with E-state index >= 15 is 0 Å². The molecule has 0 bridgehead atoms. The van der Waals surface area contributed by atoms with E-state index in [9.17, 15) is 4.57 Å². The maximum atomic E-state index is 11.6. The highest BCUT2D eigenvalue weighted by Gasteiger charge is 2.29. The molecule has 0 aromatic carbocycles. The summed E-state index contributed by atoms with van der Waals surface area (Å²) in [6.45, 7) is 5.16. The van der Waals surface area contributed by atoms with Gasteiger partial charge in [0.25, 0.3) is 0 Å². The van der Waals surface area contributed by atoms with Crippen molar-refractivity contribution in [2.24, 2.45) is 5.73 Å². The lowest BCUT2D eigenvalue weighted by Gasteiger charge is -2.20. The van der Waals surface area contributed by atoms with Gasteiger partial charge < -0.3 is 25.0 Å². The average molecular weight is 271 g/mol. The Hall–Kier alpha value is 0.0300. The van der Waals surface area contributed by atoms with Crippen LogP contribution in [0.25, 0.3) is 0 Å². The van der Waals surface area contributed by atoms with E-state index in [0.29, 0.717) is 0 Å². The van der Waals surface area contributed by atoms with Gasteiger partial charge in [0.05, 0.1) is 26.4 Å². The van der Waals surface area contributed by atoms with Crippen LogP contribution in [-0.2, 0) is 13.6 Å². The number of rotatable bonds is 8. The monoisotopic (exact) mass is 271 g/mol. The fourth-order valence-electron chi connectivity index (χ4n) is 0.609. The minimum atomic E-state index is -3.37. The zero-order valence-electron chi connectivity index (χ0n) is 11.0. The average Bonchev–Trinajstić information content (AvgIpc) is 2.33. The lowest BCUT2D eigenvalue weighted by atomic mass is 10.4. The molecule has 0 fully saturated rings. The van der Waals surface area contributed by atoms with Crippen LogP contribution in [0.1, 0.15) is 33.6 Å². The van der Waals surface area contributed by atoms with Gasteiger partial charge in [0.1, 0.15) is 5.78 Å². The third-order valence-corrected chi connectivity index (χ3v) is 3.81. The first-order valence-electron chi connectivity index (χ1n) is 5.84. The molecule has 1 atom stereocenters. The van der Waals surface area contributed by atoms with E-state index in [4.69, 9.17) is 25.0 Å². The fourth-order valence-corrected chi connectivity index (χ4v) is 1.83. The molecule has 0 saturated heterocycles. The summed E-state index contributed by atoms with van der Waals surface area (Å²) in [4.78, 5) is 0. The predicted molar refractivity (Wildman–Crippen MR) is 67.9 cm³/mol. The molecule has 0 aliphatic carbocycles.